The number of carboxylic acids is 2. The lowest BCUT2D eigenvalue weighted by molar-refractivity contribution is -0.144. The highest BCUT2D eigenvalue weighted by Gasteiger charge is 2.67. The summed E-state index contributed by atoms with van der Waals surface area (Å²) in [6.07, 6.45) is 7.86. The predicted octanol–water partition coefficient (Wildman–Crippen LogP) is 1.25. The van der Waals surface area contributed by atoms with Gasteiger partial charge in [-0.3, -0.25) is 9.59 Å². The van der Waals surface area contributed by atoms with Gasteiger partial charge in [-0.05, 0) is 35.5 Å². The number of carboxylic acid groups (broad SMARTS) is 2. The molecule has 2 fully saturated rings. The first-order valence-corrected chi connectivity index (χ1v) is 6.43. The Morgan fingerprint density at radius 3 is 1.17 bits per heavy atom. The molecule has 0 aliphatic heterocycles. The van der Waals surface area contributed by atoms with Gasteiger partial charge in [0.2, 0.25) is 0 Å². The number of carbonyl (C=O) groups is 2. The standard InChI is InChI=1S/C14H14O4/c15-13(16)11-5-1-2-6-9(5)10-7(11)3-4-8(10)12(6)14(17)18/h1-12H,(H,15,16)(H,17,18)/t5-,6-,7-,8+,9?,10?,11?,12?/m0/s1. The number of hydrogen-bond donors (Lipinski definition) is 2. The summed E-state index contributed by atoms with van der Waals surface area (Å²) in [5.41, 5.74) is 0. The molecule has 0 heterocycles. The second kappa shape index (κ2) is 3.05. The van der Waals surface area contributed by atoms with Crippen molar-refractivity contribution in [1.29, 1.82) is 0 Å². The molecule has 4 aliphatic carbocycles. The highest BCUT2D eigenvalue weighted by Crippen LogP contribution is 2.67. The molecule has 0 aromatic carbocycles. The Balaban J connectivity index is 1.82. The molecular weight excluding hydrogens is 232 g/mol. The van der Waals surface area contributed by atoms with Crippen LogP contribution in [-0.2, 0) is 9.59 Å². The highest BCUT2D eigenvalue weighted by atomic mass is 16.4. The SMILES string of the molecule is O=C(O)C1[C@H]2C=C[C@@H]3C(C(=O)O)[C@@H]4C=C[C@H]1C4C23. The zero-order valence-electron chi connectivity index (χ0n) is 9.64. The van der Waals surface area contributed by atoms with Crippen molar-refractivity contribution in [2.45, 2.75) is 0 Å². The molecule has 8 atom stereocenters. The molecule has 4 unspecified atom stereocenters. The number of aliphatic carboxylic acids is 2. The van der Waals surface area contributed by atoms with E-state index in [1.54, 1.807) is 0 Å². The summed E-state index contributed by atoms with van der Waals surface area (Å²) in [5, 5.41) is 18.8. The number of allylic oxidation sites excluding steroid dienone is 4. The molecule has 0 bridgehead atoms. The molecule has 0 amide bonds. The zero-order valence-corrected chi connectivity index (χ0v) is 9.64. The van der Waals surface area contributed by atoms with E-state index in [1.807, 2.05) is 24.3 Å². The summed E-state index contributed by atoms with van der Waals surface area (Å²) >= 11 is 0. The Morgan fingerprint density at radius 2 is 0.944 bits per heavy atom. The summed E-state index contributed by atoms with van der Waals surface area (Å²) in [5.74, 6) is -1.54. The Kier molecular flexibility index (Phi) is 1.75. The van der Waals surface area contributed by atoms with E-state index in [0.29, 0.717) is 0 Å². The molecule has 0 radical (unpaired) electrons. The molecule has 0 spiro atoms. The maximum absolute atomic E-state index is 11.4. The van der Waals surface area contributed by atoms with Crippen molar-refractivity contribution >= 4 is 11.9 Å². The first-order valence-electron chi connectivity index (χ1n) is 6.43. The smallest absolute Gasteiger partial charge is 0.307 e. The minimum Gasteiger partial charge on any atom is -0.481 e. The van der Waals surface area contributed by atoms with Gasteiger partial charge in [0, 0.05) is 0 Å². The second-order valence-corrected chi connectivity index (χ2v) is 5.96. The van der Waals surface area contributed by atoms with Crippen molar-refractivity contribution < 1.29 is 19.8 Å². The molecule has 4 aliphatic rings. The van der Waals surface area contributed by atoms with Crippen LogP contribution in [-0.4, -0.2) is 22.2 Å². The van der Waals surface area contributed by atoms with Crippen LogP contribution in [0.15, 0.2) is 24.3 Å². The lowest BCUT2D eigenvalue weighted by atomic mass is 9.83. The minimum atomic E-state index is -0.734. The van der Waals surface area contributed by atoms with Crippen LogP contribution in [0.25, 0.3) is 0 Å². The third kappa shape index (κ3) is 0.945. The van der Waals surface area contributed by atoms with Gasteiger partial charge in [0.1, 0.15) is 0 Å². The largest absolute Gasteiger partial charge is 0.481 e. The summed E-state index contributed by atoms with van der Waals surface area (Å²) in [6.45, 7) is 0. The van der Waals surface area contributed by atoms with Gasteiger partial charge in [0.05, 0.1) is 11.8 Å². The van der Waals surface area contributed by atoms with Crippen molar-refractivity contribution in [3.8, 4) is 0 Å². The number of hydrogen-bond acceptors (Lipinski definition) is 2. The Hall–Kier alpha value is -1.58. The summed E-state index contributed by atoms with van der Waals surface area (Å²) in [4.78, 5) is 22.9. The third-order valence-corrected chi connectivity index (χ3v) is 5.56. The van der Waals surface area contributed by atoms with Crippen LogP contribution in [0.3, 0.4) is 0 Å². The molecule has 4 rings (SSSR count). The van der Waals surface area contributed by atoms with E-state index in [9.17, 15) is 19.8 Å². The van der Waals surface area contributed by atoms with Crippen molar-refractivity contribution in [2.24, 2.45) is 47.3 Å². The minimum absolute atomic E-state index is 0.0410. The maximum atomic E-state index is 11.4. The predicted molar refractivity (Wildman–Crippen MR) is 61.5 cm³/mol. The quantitative estimate of drug-likeness (QED) is 0.719. The molecule has 0 aromatic heterocycles. The fourth-order valence-electron chi connectivity index (χ4n) is 5.17. The van der Waals surface area contributed by atoms with Crippen molar-refractivity contribution in [3.63, 3.8) is 0 Å². The Labute approximate surface area is 104 Å². The first-order chi connectivity index (χ1) is 8.61. The molecular formula is C14H14O4. The fourth-order valence-corrected chi connectivity index (χ4v) is 5.17. The summed E-state index contributed by atoms with van der Waals surface area (Å²) < 4.78 is 0. The lowest BCUT2D eigenvalue weighted by Crippen LogP contribution is -2.28. The van der Waals surface area contributed by atoms with Gasteiger partial charge in [0.15, 0.2) is 0 Å². The van der Waals surface area contributed by atoms with E-state index in [2.05, 4.69) is 0 Å². The third-order valence-electron chi connectivity index (χ3n) is 5.56. The molecule has 4 heteroatoms. The summed E-state index contributed by atoms with van der Waals surface area (Å²) in [6, 6.07) is 0. The van der Waals surface area contributed by atoms with Gasteiger partial charge >= 0.3 is 11.9 Å². The molecule has 0 aromatic rings. The number of rotatable bonds is 2. The van der Waals surface area contributed by atoms with E-state index in [-0.39, 0.29) is 47.3 Å². The monoisotopic (exact) mass is 246 g/mol. The van der Waals surface area contributed by atoms with E-state index in [4.69, 9.17) is 0 Å². The van der Waals surface area contributed by atoms with Gasteiger partial charge in [-0.2, -0.15) is 0 Å². The lowest BCUT2D eigenvalue weighted by Gasteiger charge is -2.19. The maximum Gasteiger partial charge on any atom is 0.307 e. The van der Waals surface area contributed by atoms with Crippen LogP contribution in [0.2, 0.25) is 0 Å². The van der Waals surface area contributed by atoms with E-state index in [0.717, 1.165) is 0 Å². The van der Waals surface area contributed by atoms with Crippen LogP contribution < -0.4 is 0 Å². The van der Waals surface area contributed by atoms with E-state index >= 15 is 0 Å². The molecule has 94 valence electrons. The van der Waals surface area contributed by atoms with Crippen LogP contribution in [0, 0.1) is 47.3 Å². The van der Waals surface area contributed by atoms with Gasteiger partial charge in [0.25, 0.3) is 0 Å². The second-order valence-electron chi connectivity index (χ2n) is 5.96. The fraction of sp³-hybridized carbons (Fsp3) is 0.571. The highest BCUT2D eigenvalue weighted by molar-refractivity contribution is 5.76. The van der Waals surface area contributed by atoms with Crippen LogP contribution in [0.1, 0.15) is 0 Å². The van der Waals surface area contributed by atoms with Crippen molar-refractivity contribution in [2.75, 3.05) is 0 Å². The Morgan fingerprint density at radius 1 is 0.667 bits per heavy atom. The Bertz CT molecular complexity index is 432. The first kappa shape index (κ1) is 10.4. The van der Waals surface area contributed by atoms with Crippen LogP contribution >= 0.6 is 0 Å². The van der Waals surface area contributed by atoms with Gasteiger partial charge in [-0.15, -0.1) is 0 Å². The molecule has 0 saturated heterocycles. The van der Waals surface area contributed by atoms with Gasteiger partial charge < -0.3 is 10.2 Å². The normalized spacial score (nSPS) is 54.0. The molecule has 18 heavy (non-hydrogen) atoms. The van der Waals surface area contributed by atoms with Gasteiger partial charge in [-0.25, -0.2) is 0 Å². The van der Waals surface area contributed by atoms with Crippen LogP contribution in [0.5, 0.6) is 0 Å². The van der Waals surface area contributed by atoms with E-state index in [1.165, 1.54) is 0 Å². The molecule has 2 N–H and O–H groups in total. The van der Waals surface area contributed by atoms with Gasteiger partial charge in [-0.1, -0.05) is 24.3 Å². The van der Waals surface area contributed by atoms with E-state index < -0.39 is 11.9 Å². The average molecular weight is 246 g/mol. The average Bonchev–Trinajstić information content (AvgIpc) is 2.95. The molecule has 4 nitrogen and oxygen atoms in total. The van der Waals surface area contributed by atoms with Crippen LogP contribution in [0.4, 0.5) is 0 Å². The van der Waals surface area contributed by atoms with Crippen molar-refractivity contribution in [1.82, 2.24) is 0 Å². The zero-order chi connectivity index (χ0) is 12.6. The topological polar surface area (TPSA) is 74.6 Å². The molecule has 2 saturated carbocycles. The summed E-state index contributed by atoms with van der Waals surface area (Å²) in [7, 11) is 0. The van der Waals surface area contributed by atoms with Crippen molar-refractivity contribution in [3.05, 3.63) is 24.3 Å².